The number of anilines is 1. The number of urea groups is 1. The van der Waals surface area contributed by atoms with Gasteiger partial charge in [-0.15, -0.1) is 4.83 Å². The van der Waals surface area contributed by atoms with Crippen LogP contribution in [0.1, 0.15) is 37.9 Å². The van der Waals surface area contributed by atoms with Crippen molar-refractivity contribution in [2.45, 2.75) is 43.7 Å². The van der Waals surface area contributed by atoms with Gasteiger partial charge < -0.3 is 11.1 Å². The van der Waals surface area contributed by atoms with Gasteiger partial charge in [0.1, 0.15) is 0 Å². The van der Waals surface area contributed by atoms with Gasteiger partial charge in [-0.05, 0) is 68.7 Å². The Hall–Kier alpha value is -2.62. The van der Waals surface area contributed by atoms with E-state index < -0.39 is 27.6 Å². The zero-order chi connectivity index (χ0) is 25.8. The molecule has 3 aromatic rings. The van der Waals surface area contributed by atoms with Crippen molar-refractivity contribution in [2.75, 3.05) is 5.01 Å². The monoisotopic (exact) mass is 534 g/mol. The lowest BCUT2D eigenvalue weighted by atomic mass is 9.96. The van der Waals surface area contributed by atoms with Gasteiger partial charge in [0.05, 0.1) is 26.7 Å². The number of hydrazine groups is 1. The van der Waals surface area contributed by atoms with E-state index in [2.05, 4.69) is 10.1 Å². The molecule has 35 heavy (non-hydrogen) atoms. The Morgan fingerprint density at radius 1 is 1.00 bits per heavy atom. The highest BCUT2D eigenvalue weighted by atomic mass is 35.5. The van der Waals surface area contributed by atoms with Crippen molar-refractivity contribution in [3.63, 3.8) is 0 Å². The minimum atomic E-state index is -4.06. The maximum Gasteiger partial charge on any atom is 0.337 e. The molecule has 0 saturated heterocycles. The predicted molar refractivity (Wildman–Crippen MR) is 141 cm³/mol. The second-order valence-electron chi connectivity index (χ2n) is 8.89. The third-order valence-corrected chi connectivity index (χ3v) is 7.26. The third kappa shape index (κ3) is 7.19. The van der Waals surface area contributed by atoms with Crippen LogP contribution in [0.3, 0.4) is 0 Å². The molecular weight excluding hydrogens is 507 g/mol. The molecule has 0 radical (unpaired) electrons. The van der Waals surface area contributed by atoms with Crippen LogP contribution in [0.2, 0.25) is 10.0 Å². The normalized spacial score (nSPS) is 12.7. The first-order valence-electron chi connectivity index (χ1n) is 10.9. The first kappa shape index (κ1) is 27.0. The molecule has 0 aromatic heterocycles. The number of carbonyl (C=O) groups excluding carboxylic acids is 1. The fourth-order valence-electron chi connectivity index (χ4n) is 3.46. The van der Waals surface area contributed by atoms with Crippen LogP contribution in [-0.4, -0.2) is 20.0 Å². The molecular formula is C25H28Cl2N4O3S. The zero-order valence-electron chi connectivity index (χ0n) is 19.6. The minimum absolute atomic E-state index is 0.0187. The van der Waals surface area contributed by atoms with Gasteiger partial charge in [-0.1, -0.05) is 65.7 Å². The zero-order valence-corrected chi connectivity index (χ0v) is 22.0. The number of amides is 2. The van der Waals surface area contributed by atoms with E-state index in [0.717, 1.165) is 10.6 Å². The number of carbonyl (C=O) groups is 1. The summed E-state index contributed by atoms with van der Waals surface area (Å²) in [6.07, 6.45) is 0.611. The van der Waals surface area contributed by atoms with Crippen LogP contribution in [-0.2, 0) is 16.4 Å². The first-order chi connectivity index (χ1) is 16.4. The summed E-state index contributed by atoms with van der Waals surface area (Å²) in [6.45, 7) is 5.56. The van der Waals surface area contributed by atoms with Gasteiger partial charge in [0.15, 0.2) is 0 Å². The Morgan fingerprint density at radius 2 is 1.63 bits per heavy atom. The number of hydrogen-bond donors (Lipinski definition) is 3. The summed E-state index contributed by atoms with van der Waals surface area (Å²) < 4.78 is 26.1. The topological polar surface area (TPSA) is 105 Å². The molecule has 4 N–H and O–H groups in total. The number of rotatable bonds is 8. The molecule has 1 atom stereocenters. The second kappa shape index (κ2) is 11.0. The fraction of sp³-hybridized carbons (Fsp3) is 0.240. The van der Waals surface area contributed by atoms with Crippen molar-refractivity contribution in [1.29, 1.82) is 0 Å². The van der Waals surface area contributed by atoms with Crippen LogP contribution in [0.15, 0.2) is 77.7 Å². The Labute approximate surface area is 216 Å². The summed E-state index contributed by atoms with van der Waals surface area (Å²) in [5.41, 5.74) is 7.56. The molecule has 0 fully saturated rings. The molecule has 0 bridgehead atoms. The van der Waals surface area contributed by atoms with Crippen molar-refractivity contribution in [3.8, 4) is 0 Å². The molecule has 0 aliphatic heterocycles. The second-order valence-corrected chi connectivity index (χ2v) is 11.3. The van der Waals surface area contributed by atoms with Crippen LogP contribution >= 0.6 is 23.2 Å². The van der Waals surface area contributed by atoms with Gasteiger partial charge in [0.25, 0.3) is 10.0 Å². The van der Waals surface area contributed by atoms with Crippen molar-refractivity contribution < 1.29 is 13.2 Å². The van der Waals surface area contributed by atoms with Gasteiger partial charge in [-0.25, -0.2) is 18.2 Å². The van der Waals surface area contributed by atoms with Crippen LogP contribution in [0, 0.1) is 0 Å². The van der Waals surface area contributed by atoms with Crippen LogP contribution < -0.4 is 20.9 Å². The highest BCUT2D eigenvalue weighted by Gasteiger charge is 2.26. The van der Waals surface area contributed by atoms with Crippen LogP contribution in [0.5, 0.6) is 0 Å². The van der Waals surface area contributed by atoms with E-state index >= 15 is 0 Å². The van der Waals surface area contributed by atoms with E-state index in [1.165, 1.54) is 12.1 Å². The van der Waals surface area contributed by atoms with Crippen LogP contribution in [0.4, 0.5) is 10.5 Å². The molecule has 0 unspecified atom stereocenters. The molecule has 0 saturated carbocycles. The lowest BCUT2D eigenvalue weighted by Crippen LogP contribution is -2.51. The highest BCUT2D eigenvalue weighted by molar-refractivity contribution is 7.89. The third-order valence-electron chi connectivity index (χ3n) is 5.11. The van der Waals surface area contributed by atoms with E-state index in [-0.39, 0.29) is 4.90 Å². The Bertz CT molecular complexity index is 1280. The molecule has 10 heteroatoms. The number of nitrogens with two attached hydrogens (primary N) is 1. The van der Waals surface area contributed by atoms with E-state index in [9.17, 15) is 13.2 Å². The average Bonchev–Trinajstić information content (AvgIpc) is 2.79. The quantitative estimate of drug-likeness (QED) is 0.334. The largest absolute Gasteiger partial charge is 0.337 e. The number of nitrogens with zero attached hydrogens (tertiary/aromatic N) is 1. The summed E-state index contributed by atoms with van der Waals surface area (Å²) in [6, 6.07) is 18.6. The molecule has 0 aliphatic carbocycles. The van der Waals surface area contributed by atoms with Crippen molar-refractivity contribution in [1.82, 2.24) is 10.1 Å². The van der Waals surface area contributed by atoms with Crippen molar-refractivity contribution in [3.05, 3.63) is 94.0 Å². The summed E-state index contributed by atoms with van der Waals surface area (Å²) in [7, 11) is -4.06. The summed E-state index contributed by atoms with van der Waals surface area (Å²) in [4.78, 5) is 15.7. The van der Waals surface area contributed by atoms with E-state index in [1.54, 1.807) is 67.6 Å². The van der Waals surface area contributed by atoms with E-state index in [0.29, 0.717) is 27.7 Å². The van der Waals surface area contributed by atoms with Crippen molar-refractivity contribution >= 4 is 44.9 Å². The minimum Gasteiger partial charge on any atom is -0.330 e. The number of hydrogen-bond acceptors (Lipinski definition) is 4. The summed E-state index contributed by atoms with van der Waals surface area (Å²) >= 11 is 12.4. The van der Waals surface area contributed by atoms with Gasteiger partial charge in [0.2, 0.25) is 0 Å². The van der Waals surface area contributed by atoms with E-state index in [1.807, 2.05) is 13.8 Å². The summed E-state index contributed by atoms with van der Waals surface area (Å²) in [5.74, 6) is 0. The Kier molecular flexibility index (Phi) is 8.46. The maximum absolute atomic E-state index is 13.3. The smallest absolute Gasteiger partial charge is 0.330 e. The lowest BCUT2D eigenvalue weighted by molar-refractivity contribution is 0.242. The van der Waals surface area contributed by atoms with Crippen LogP contribution in [0.25, 0.3) is 0 Å². The molecule has 3 aromatic carbocycles. The molecule has 186 valence electrons. The molecule has 0 aliphatic rings. The van der Waals surface area contributed by atoms with E-state index in [4.69, 9.17) is 28.9 Å². The molecule has 3 rings (SSSR count). The number of nitrogens with one attached hydrogen (secondary N) is 2. The standard InChI is InChI=1S/C25H28Cl2N4O3S/c1-17(21-10-7-11-22(26)23(21)27)29-24(32)31(30-35(33,34)20-8-5-4-6-9-20)19-14-12-18(13-15-19)16-25(2,3)28/h4-15,17,30H,16,28H2,1-3H3,(H,29,32)/t17-/m0/s1. The SMILES string of the molecule is C[C@H](NC(=O)N(NS(=O)(=O)c1ccccc1)c1ccc(CC(C)(C)N)cc1)c1cccc(Cl)c1Cl. The number of sulfonamides is 1. The average molecular weight is 535 g/mol. The number of benzene rings is 3. The van der Waals surface area contributed by atoms with Crippen molar-refractivity contribution in [2.24, 2.45) is 5.73 Å². The molecule has 7 nitrogen and oxygen atoms in total. The first-order valence-corrected chi connectivity index (χ1v) is 13.1. The Balaban J connectivity index is 1.92. The predicted octanol–water partition coefficient (Wildman–Crippen LogP) is 5.44. The summed E-state index contributed by atoms with van der Waals surface area (Å²) in [5, 5.41) is 4.40. The molecule has 2 amide bonds. The lowest BCUT2D eigenvalue weighted by Gasteiger charge is -2.26. The Morgan fingerprint density at radius 3 is 2.23 bits per heavy atom. The van der Waals surface area contributed by atoms with Gasteiger partial charge in [-0.3, -0.25) is 0 Å². The van der Waals surface area contributed by atoms with Gasteiger partial charge >= 0.3 is 6.03 Å². The highest BCUT2D eigenvalue weighted by Crippen LogP contribution is 2.30. The molecule has 0 heterocycles. The fourth-order valence-corrected chi connectivity index (χ4v) is 4.98. The molecule has 0 spiro atoms. The number of halogens is 2. The van der Waals surface area contributed by atoms with Gasteiger partial charge in [0, 0.05) is 5.54 Å². The van der Waals surface area contributed by atoms with Gasteiger partial charge in [-0.2, -0.15) is 0 Å². The maximum atomic E-state index is 13.3.